The second kappa shape index (κ2) is 5.48. The van der Waals surface area contributed by atoms with E-state index in [4.69, 9.17) is 11.6 Å². The Hall–Kier alpha value is -2.17. The Labute approximate surface area is 139 Å². The molecule has 0 aliphatic carbocycles. The molecule has 2 aromatic carbocycles. The Bertz CT molecular complexity index is 800. The highest BCUT2D eigenvalue weighted by molar-refractivity contribution is 6.30. The SMILES string of the molecule is Cc1ccc2c(c1)C(O)(C(C)C(=O)c1ccc(Cl)cc1)C(=O)N2. The largest absolute Gasteiger partial charge is 0.375 e. The van der Waals surface area contributed by atoms with Crippen LogP contribution < -0.4 is 5.32 Å². The van der Waals surface area contributed by atoms with E-state index >= 15 is 0 Å². The molecular weight excluding hydrogens is 314 g/mol. The highest BCUT2D eigenvalue weighted by Gasteiger charge is 2.52. The Morgan fingerprint density at radius 1 is 1.22 bits per heavy atom. The lowest BCUT2D eigenvalue weighted by Crippen LogP contribution is -2.44. The summed E-state index contributed by atoms with van der Waals surface area (Å²) in [6.07, 6.45) is 0. The predicted molar refractivity (Wildman–Crippen MR) is 88.7 cm³/mol. The molecule has 2 aromatic rings. The zero-order valence-electron chi connectivity index (χ0n) is 12.8. The minimum absolute atomic E-state index is 0.311. The third kappa shape index (κ3) is 2.44. The van der Waals surface area contributed by atoms with Crippen molar-refractivity contribution in [1.82, 2.24) is 0 Å². The van der Waals surface area contributed by atoms with Gasteiger partial charge in [-0.3, -0.25) is 9.59 Å². The number of hydrogen-bond donors (Lipinski definition) is 2. The van der Waals surface area contributed by atoms with Crippen molar-refractivity contribution in [2.75, 3.05) is 5.32 Å². The number of rotatable bonds is 3. The maximum atomic E-state index is 12.7. The van der Waals surface area contributed by atoms with E-state index in [2.05, 4.69) is 5.32 Å². The molecule has 0 fully saturated rings. The van der Waals surface area contributed by atoms with Gasteiger partial charge in [0.2, 0.25) is 0 Å². The van der Waals surface area contributed by atoms with Gasteiger partial charge in [-0.2, -0.15) is 0 Å². The zero-order chi connectivity index (χ0) is 16.8. The molecule has 0 saturated carbocycles. The molecule has 1 amide bonds. The first-order valence-electron chi connectivity index (χ1n) is 7.28. The zero-order valence-corrected chi connectivity index (χ0v) is 13.5. The number of hydrogen-bond acceptors (Lipinski definition) is 3. The van der Waals surface area contributed by atoms with Crippen LogP contribution in [0.1, 0.15) is 28.4 Å². The second-order valence-corrected chi connectivity index (χ2v) is 6.30. The van der Waals surface area contributed by atoms with Gasteiger partial charge in [0.25, 0.3) is 5.91 Å². The topological polar surface area (TPSA) is 66.4 Å². The van der Waals surface area contributed by atoms with Crippen molar-refractivity contribution in [3.63, 3.8) is 0 Å². The molecule has 0 bridgehead atoms. The smallest absolute Gasteiger partial charge is 0.261 e. The summed E-state index contributed by atoms with van der Waals surface area (Å²) in [7, 11) is 0. The number of amides is 1. The van der Waals surface area contributed by atoms with Gasteiger partial charge in [-0.15, -0.1) is 0 Å². The number of aryl methyl sites for hydroxylation is 1. The molecule has 118 valence electrons. The van der Waals surface area contributed by atoms with Crippen molar-refractivity contribution in [3.05, 3.63) is 64.2 Å². The summed E-state index contributed by atoms with van der Waals surface area (Å²) in [4.78, 5) is 25.1. The first-order valence-corrected chi connectivity index (χ1v) is 7.66. The van der Waals surface area contributed by atoms with E-state index < -0.39 is 17.4 Å². The number of carbonyl (C=O) groups is 2. The molecule has 1 aliphatic heterocycles. The van der Waals surface area contributed by atoms with Crippen molar-refractivity contribution in [3.8, 4) is 0 Å². The Morgan fingerprint density at radius 3 is 2.52 bits per heavy atom. The van der Waals surface area contributed by atoms with Crippen molar-refractivity contribution >= 4 is 29.0 Å². The number of anilines is 1. The van der Waals surface area contributed by atoms with Gasteiger partial charge in [0, 0.05) is 21.8 Å². The summed E-state index contributed by atoms with van der Waals surface area (Å²) >= 11 is 5.83. The van der Waals surface area contributed by atoms with Crippen LogP contribution in [0.15, 0.2) is 42.5 Å². The number of benzene rings is 2. The molecular formula is C18H16ClNO3. The van der Waals surface area contributed by atoms with Crippen molar-refractivity contribution in [2.24, 2.45) is 5.92 Å². The summed E-state index contributed by atoms with van der Waals surface area (Å²) in [5, 5.41) is 14.2. The Morgan fingerprint density at radius 2 is 1.87 bits per heavy atom. The fraction of sp³-hybridized carbons (Fsp3) is 0.222. The molecule has 5 heteroatoms. The highest BCUT2D eigenvalue weighted by Crippen LogP contribution is 2.42. The van der Waals surface area contributed by atoms with Gasteiger partial charge >= 0.3 is 0 Å². The molecule has 0 saturated heterocycles. The molecule has 2 unspecified atom stereocenters. The van der Waals surface area contributed by atoms with Gasteiger partial charge in [0.15, 0.2) is 11.4 Å². The second-order valence-electron chi connectivity index (χ2n) is 5.86. The summed E-state index contributed by atoms with van der Waals surface area (Å²) < 4.78 is 0. The van der Waals surface area contributed by atoms with Crippen LogP contribution in [0, 0.1) is 12.8 Å². The Balaban J connectivity index is 2.03. The lowest BCUT2D eigenvalue weighted by atomic mass is 9.79. The third-order valence-corrected chi connectivity index (χ3v) is 4.58. The van der Waals surface area contributed by atoms with Crippen LogP contribution in [-0.4, -0.2) is 16.8 Å². The summed E-state index contributed by atoms with van der Waals surface area (Å²) in [5.74, 6) is -1.81. The van der Waals surface area contributed by atoms with E-state index in [1.54, 1.807) is 43.3 Å². The fourth-order valence-electron chi connectivity index (χ4n) is 2.91. The minimum Gasteiger partial charge on any atom is -0.375 e. The molecule has 3 rings (SSSR count). The van der Waals surface area contributed by atoms with Crippen molar-refractivity contribution < 1.29 is 14.7 Å². The molecule has 0 radical (unpaired) electrons. The van der Waals surface area contributed by atoms with E-state index in [0.717, 1.165) is 5.56 Å². The van der Waals surface area contributed by atoms with Crippen LogP contribution in [0.3, 0.4) is 0 Å². The maximum absolute atomic E-state index is 12.7. The van der Waals surface area contributed by atoms with Crippen molar-refractivity contribution in [1.29, 1.82) is 0 Å². The quantitative estimate of drug-likeness (QED) is 0.849. The molecule has 2 N–H and O–H groups in total. The van der Waals surface area contributed by atoms with Crippen LogP contribution in [-0.2, 0) is 10.4 Å². The van der Waals surface area contributed by atoms with Crippen molar-refractivity contribution in [2.45, 2.75) is 19.4 Å². The molecule has 1 heterocycles. The molecule has 0 spiro atoms. The van der Waals surface area contributed by atoms with Gasteiger partial charge in [-0.05, 0) is 37.3 Å². The molecule has 23 heavy (non-hydrogen) atoms. The lowest BCUT2D eigenvalue weighted by molar-refractivity contribution is -0.137. The third-order valence-electron chi connectivity index (χ3n) is 4.33. The number of ketones is 1. The molecule has 4 nitrogen and oxygen atoms in total. The normalized spacial score (nSPS) is 20.8. The minimum atomic E-state index is -1.88. The number of carbonyl (C=O) groups excluding carboxylic acids is 2. The standard InChI is InChI=1S/C18H16ClNO3/c1-10-3-8-15-14(9-10)18(23,17(22)20-15)11(2)16(21)12-4-6-13(19)7-5-12/h3-9,11,23H,1-2H3,(H,20,22). The highest BCUT2D eigenvalue weighted by atomic mass is 35.5. The van der Waals surface area contributed by atoms with E-state index in [9.17, 15) is 14.7 Å². The van der Waals surface area contributed by atoms with Crippen LogP contribution in [0.2, 0.25) is 5.02 Å². The van der Waals surface area contributed by atoms with E-state index in [-0.39, 0.29) is 5.78 Å². The monoisotopic (exact) mass is 329 g/mol. The average Bonchev–Trinajstić information content (AvgIpc) is 2.79. The van der Waals surface area contributed by atoms with E-state index in [1.807, 2.05) is 13.0 Å². The fourth-order valence-corrected chi connectivity index (χ4v) is 3.03. The lowest BCUT2D eigenvalue weighted by Gasteiger charge is -2.27. The first kappa shape index (κ1) is 15.7. The van der Waals surface area contributed by atoms with E-state index in [1.165, 1.54) is 0 Å². The van der Waals surface area contributed by atoms with E-state index in [0.29, 0.717) is 21.8 Å². The molecule has 1 aliphatic rings. The predicted octanol–water partition coefficient (Wildman–Crippen LogP) is 3.31. The maximum Gasteiger partial charge on any atom is 0.261 e. The van der Waals surface area contributed by atoms with Crippen LogP contribution in [0.4, 0.5) is 5.69 Å². The molecule has 0 aromatic heterocycles. The average molecular weight is 330 g/mol. The number of fused-ring (bicyclic) bond motifs is 1. The van der Waals surface area contributed by atoms with Gasteiger partial charge in [0.1, 0.15) is 0 Å². The molecule has 2 atom stereocenters. The van der Waals surface area contributed by atoms with Crippen LogP contribution in [0.5, 0.6) is 0 Å². The summed E-state index contributed by atoms with van der Waals surface area (Å²) in [6.45, 7) is 3.43. The van der Waals surface area contributed by atoms with Gasteiger partial charge in [0.05, 0.1) is 5.92 Å². The number of nitrogens with one attached hydrogen (secondary N) is 1. The first-order chi connectivity index (χ1) is 10.8. The van der Waals surface area contributed by atoms with Gasteiger partial charge in [-0.25, -0.2) is 0 Å². The summed E-state index contributed by atoms with van der Waals surface area (Å²) in [6, 6.07) is 11.7. The van der Waals surface area contributed by atoms with Gasteiger partial charge < -0.3 is 10.4 Å². The number of halogens is 1. The van der Waals surface area contributed by atoms with Crippen LogP contribution >= 0.6 is 11.6 Å². The Kier molecular flexibility index (Phi) is 3.74. The number of aliphatic hydroxyl groups is 1. The van der Waals surface area contributed by atoms with Gasteiger partial charge in [-0.1, -0.05) is 36.2 Å². The van der Waals surface area contributed by atoms with Crippen LogP contribution in [0.25, 0.3) is 0 Å². The summed E-state index contributed by atoms with van der Waals surface area (Å²) in [5.41, 5.74) is 0.420. The number of Topliss-reactive ketones (excluding diaryl/α,β-unsaturated/α-hetero) is 1.